The van der Waals surface area contributed by atoms with Gasteiger partial charge in [0.1, 0.15) is 15.6 Å². The fraction of sp³-hybridized carbons (Fsp3) is 0.500. The van der Waals surface area contributed by atoms with Crippen LogP contribution in [0.3, 0.4) is 0 Å². The Labute approximate surface area is 230 Å². The first-order chi connectivity index (χ1) is 18.4. The number of amides is 2. The van der Waals surface area contributed by atoms with Gasteiger partial charge in [0, 0.05) is 66.9 Å². The number of nitrogens with zero attached hydrogens (tertiary/aromatic N) is 2. The molecule has 0 spiro atoms. The Kier molecular flexibility index (Phi) is 6.84. The van der Waals surface area contributed by atoms with Gasteiger partial charge in [0.2, 0.25) is 0 Å². The van der Waals surface area contributed by atoms with Crippen LogP contribution in [0.1, 0.15) is 69.4 Å². The summed E-state index contributed by atoms with van der Waals surface area (Å²) in [5, 5.41) is 7.83. The van der Waals surface area contributed by atoms with Crippen molar-refractivity contribution in [2.75, 3.05) is 32.1 Å². The molecule has 3 aliphatic rings. The Balaban J connectivity index is 1.22. The lowest BCUT2D eigenvalue weighted by atomic mass is 9.74. The second kappa shape index (κ2) is 10.1. The number of carbonyl (C=O) groups is 2. The minimum Gasteiger partial charge on any atom is -0.455 e. The van der Waals surface area contributed by atoms with E-state index in [4.69, 9.17) is 9.47 Å². The zero-order chi connectivity index (χ0) is 26.4. The maximum Gasteiger partial charge on any atom is 0.342 e. The number of carbonyl (C=O) groups excluding carboxylic acids is 2. The Hall–Kier alpha value is -2.66. The molecule has 3 aromatic heterocycles. The standard InChI is InChI=1S/C28H34N4O4S2/c1-28(2)19-7-6-8-20-22(19)23(26(33)36-28)24(37-20)30-27(34)29-15-18-17-9-12-31(13-14-35-3)16-21(17)38-25(18)32-10-4-5-11-32/h4-5,10-11,19H,6-9,12-16H2,1-3H3,(H2,29,30,34). The van der Waals surface area contributed by atoms with Gasteiger partial charge in [0.25, 0.3) is 0 Å². The Morgan fingerprint density at radius 2 is 2.03 bits per heavy atom. The van der Waals surface area contributed by atoms with Gasteiger partial charge in [-0.2, -0.15) is 0 Å². The van der Waals surface area contributed by atoms with Crippen LogP contribution in [0.2, 0.25) is 0 Å². The lowest BCUT2D eigenvalue weighted by molar-refractivity contribution is -0.0234. The molecule has 10 heteroatoms. The van der Waals surface area contributed by atoms with Crippen LogP contribution in [-0.4, -0.2) is 53.9 Å². The molecule has 1 atom stereocenters. The number of hydrogen-bond acceptors (Lipinski definition) is 7. The van der Waals surface area contributed by atoms with Gasteiger partial charge in [-0.15, -0.1) is 22.7 Å². The molecule has 0 saturated heterocycles. The van der Waals surface area contributed by atoms with E-state index < -0.39 is 5.60 Å². The van der Waals surface area contributed by atoms with Gasteiger partial charge in [-0.05, 0) is 62.8 Å². The first-order valence-electron chi connectivity index (χ1n) is 13.3. The number of rotatable bonds is 7. The van der Waals surface area contributed by atoms with E-state index in [-0.39, 0.29) is 17.9 Å². The highest BCUT2D eigenvalue weighted by Gasteiger charge is 2.46. The molecule has 6 rings (SSSR count). The van der Waals surface area contributed by atoms with Crippen LogP contribution < -0.4 is 10.6 Å². The van der Waals surface area contributed by atoms with Crippen LogP contribution in [0.5, 0.6) is 0 Å². The Bertz CT molecular complexity index is 1360. The van der Waals surface area contributed by atoms with Crippen molar-refractivity contribution >= 4 is 39.7 Å². The normalized spacial score (nSPS) is 20.0. The molecule has 0 fully saturated rings. The number of esters is 1. The molecular formula is C28H34N4O4S2. The van der Waals surface area contributed by atoms with Gasteiger partial charge in [0.15, 0.2) is 0 Å². The van der Waals surface area contributed by atoms with Crippen molar-refractivity contribution in [1.29, 1.82) is 0 Å². The van der Waals surface area contributed by atoms with Crippen molar-refractivity contribution in [3.05, 3.63) is 56.5 Å². The summed E-state index contributed by atoms with van der Waals surface area (Å²) in [6.07, 6.45) is 8.05. The third-order valence-corrected chi connectivity index (χ3v) is 10.4. The lowest BCUT2D eigenvalue weighted by Crippen LogP contribution is -2.41. The number of fused-ring (bicyclic) bond motifs is 1. The van der Waals surface area contributed by atoms with Crippen LogP contribution in [0.25, 0.3) is 5.00 Å². The van der Waals surface area contributed by atoms with E-state index in [1.807, 2.05) is 38.4 Å². The number of aromatic nitrogens is 1. The third-order valence-electron chi connectivity index (χ3n) is 7.99. The second-order valence-corrected chi connectivity index (χ2v) is 13.0. The van der Waals surface area contributed by atoms with Crippen molar-refractivity contribution in [2.45, 2.75) is 64.1 Å². The predicted molar refractivity (Wildman–Crippen MR) is 150 cm³/mol. The van der Waals surface area contributed by atoms with E-state index in [9.17, 15) is 9.59 Å². The molecule has 202 valence electrons. The maximum atomic E-state index is 13.2. The number of aryl methyl sites for hydroxylation is 1. The smallest absolute Gasteiger partial charge is 0.342 e. The molecule has 38 heavy (non-hydrogen) atoms. The summed E-state index contributed by atoms with van der Waals surface area (Å²) in [7, 11) is 1.74. The monoisotopic (exact) mass is 554 g/mol. The molecule has 8 nitrogen and oxygen atoms in total. The molecule has 0 aromatic carbocycles. The molecule has 2 N–H and O–H groups in total. The third kappa shape index (κ3) is 4.57. The lowest BCUT2D eigenvalue weighted by Gasteiger charge is -2.40. The minimum absolute atomic E-state index is 0.179. The van der Waals surface area contributed by atoms with Crippen molar-refractivity contribution < 1.29 is 19.1 Å². The quantitative estimate of drug-likeness (QED) is 0.388. The topological polar surface area (TPSA) is 84.8 Å². The molecule has 1 aliphatic carbocycles. The Morgan fingerprint density at radius 1 is 1.21 bits per heavy atom. The van der Waals surface area contributed by atoms with Gasteiger partial charge < -0.3 is 19.4 Å². The molecule has 0 bridgehead atoms. The highest BCUT2D eigenvalue weighted by Crippen LogP contribution is 2.51. The summed E-state index contributed by atoms with van der Waals surface area (Å²) in [6.45, 7) is 7.91. The summed E-state index contributed by atoms with van der Waals surface area (Å²) >= 11 is 3.32. The SMILES string of the molecule is COCCN1CCc2c(sc(-n3cccc3)c2CNC(=O)Nc2sc3c4c2C(=O)OC(C)(C)C4CCC3)C1. The molecule has 3 aromatic rings. The fourth-order valence-corrected chi connectivity index (χ4v) is 8.76. The number of methoxy groups -OCH3 is 1. The predicted octanol–water partition coefficient (Wildman–Crippen LogP) is 5.30. The molecule has 1 unspecified atom stereocenters. The molecule has 0 saturated carbocycles. The summed E-state index contributed by atoms with van der Waals surface area (Å²) in [5.41, 5.74) is 3.63. The number of nitrogens with one attached hydrogen (secondary N) is 2. The van der Waals surface area contributed by atoms with Crippen molar-refractivity contribution in [2.24, 2.45) is 0 Å². The van der Waals surface area contributed by atoms with Crippen LogP contribution >= 0.6 is 22.7 Å². The molecule has 5 heterocycles. The van der Waals surface area contributed by atoms with E-state index in [1.165, 1.54) is 26.7 Å². The number of ether oxygens (including phenoxy) is 2. The van der Waals surface area contributed by atoms with Crippen molar-refractivity contribution in [3.63, 3.8) is 0 Å². The van der Waals surface area contributed by atoms with Crippen LogP contribution in [0, 0.1) is 0 Å². The van der Waals surface area contributed by atoms with E-state index in [0.717, 1.165) is 68.1 Å². The zero-order valence-corrected chi connectivity index (χ0v) is 23.7. The average molecular weight is 555 g/mol. The van der Waals surface area contributed by atoms with Gasteiger partial charge in [-0.25, -0.2) is 9.59 Å². The highest BCUT2D eigenvalue weighted by molar-refractivity contribution is 7.17. The summed E-state index contributed by atoms with van der Waals surface area (Å²) in [6, 6.07) is 3.74. The minimum atomic E-state index is -0.522. The van der Waals surface area contributed by atoms with E-state index >= 15 is 0 Å². The average Bonchev–Trinajstić information content (AvgIpc) is 3.61. The van der Waals surface area contributed by atoms with Crippen LogP contribution in [0.15, 0.2) is 24.5 Å². The van der Waals surface area contributed by atoms with Crippen LogP contribution in [-0.2, 0) is 35.4 Å². The number of hydrogen-bond donors (Lipinski definition) is 2. The fourth-order valence-electron chi connectivity index (χ4n) is 6.10. The zero-order valence-electron chi connectivity index (χ0n) is 22.1. The van der Waals surface area contributed by atoms with E-state index in [0.29, 0.717) is 17.1 Å². The first kappa shape index (κ1) is 25.6. The Morgan fingerprint density at radius 3 is 2.82 bits per heavy atom. The van der Waals surface area contributed by atoms with E-state index in [1.54, 1.807) is 18.4 Å². The molecule has 0 radical (unpaired) electrons. The summed E-state index contributed by atoms with van der Waals surface area (Å²) < 4.78 is 13.2. The van der Waals surface area contributed by atoms with Gasteiger partial charge in [0.05, 0.1) is 12.2 Å². The van der Waals surface area contributed by atoms with Crippen molar-refractivity contribution in [3.8, 4) is 5.00 Å². The number of cyclic esters (lactones) is 1. The van der Waals surface area contributed by atoms with Gasteiger partial charge in [-0.1, -0.05) is 0 Å². The molecule has 2 amide bonds. The maximum absolute atomic E-state index is 13.2. The van der Waals surface area contributed by atoms with Crippen molar-refractivity contribution in [1.82, 2.24) is 14.8 Å². The molecule has 2 aliphatic heterocycles. The largest absolute Gasteiger partial charge is 0.455 e. The van der Waals surface area contributed by atoms with Crippen LogP contribution in [0.4, 0.5) is 9.80 Å². The van der Waals surface area contributed by atoms with Gasteiger partial charge in [-0.3, -0.25) is 10.2 Å². The number of thiophene rings is 2. The highest BCUT2D eigenvalue weighted by atomic mass is 32.1. The first-order valence-corrected chi connectivity index (χ1v) is 14.9. The number of anilines is 1. The number of urea groups is 1. The summed E-state index contributed by atoms with van der Waals surface area (Å²) in [5.74, 6) is -0.153. The van der Waals surface area contributed by atoms with Gasteiger partial charge >= 0.3 is 12.0 Å². The molecular weight excluding hydrogens is 520 g/mol. The second-order valence-electron chi connectivity index (χ2n) is 10.8. The van der Waals surface area contributed by atoms with E-state index in [2.05, 4.69) is 20.1 Å². The summed E-state index contributed by atoms with van der Waals surface area (Å²) in [4.78, 5) is 31.1.